The number of amides is 1. The molecule has 5 nitrogen and oxygen atoms in total. The summed E-state index contributed by atoms with van der Waals surface area (Å²) in [6, 6.07) is 0. The number of H-pyrrole nitrogens is 1. The zero-order valence-electron chi connectivity index (χ0n) is 7.82. The number of rotatable bonds is 1. The summed E-state index contributed by atoms with van der Waals surface area (Å²) in [4.78, 5) is 23.6. The zero-order chi connectivity index (χ0) is 10.1. The normalized spacial score (nSPS) is 21.5. The summed E-state index contributed by atoms with van der Waals surface area (Å²) in [6.07, 6.45) is 0.903. The number of hydrogen-bond donors (Lipinski definition) is 1. The number of aromatic nitrogens is 2. The van der Waals surface area contributed by atoms with Crippen LogP contribution in [0.15, 0.2) is 4.79 Å². The molecule has 0 aromatic carbocycles. The van der Waals surface area contributed by atoms with E-state index in [1.807, 2.05) is 0 Å². The zero-order valence-corrected chi connectivity index (χ0v) is 8.63. The smallest absolute Gasteiger partial charge is 0.322 e. The fourth-order valence-corrected chi connectivity index (χ4v) is 2.40. The summed E-state index contributed by atoms with van der Waals surface area (Å²) in [5.41, 5.74) is 0. The van der Waals surface area contributed by atoms with Crippen molar-refractivity contribution in [1.29, 1.82) is 0 Å². The molecule has 1 aliphatic rings. The Bertz CT molecular complexity index is 397. The predicted octanol–water partition coefficient (Wildman–Crippen LogP) is 0.167. The van der Waals surface area contributed by atoms with Gasteiger partial charge in [0, 0.05) is 25.9 Å². The highest BCUT2D eigenvalue weighted by molar-refractivity contribution is 7.08. The molecule has 2 heterocycles. The predicted molar refractivity (Wildman–Crippen MR) is 52.3 cm³/mol. The van der Waals surface area contributed by atoms with E-state index in [2.05, 4.69) is 10.2 Å². The molecule has 1 aromatic heterocycles. The third-order valence-electron chi connectivity index (χ3n) is 2.44. The lowest BCUT2D eigenvalue weighted by Gasteiger charge is -2.12. The molecule has 1 aliphatic heterocycles. The molecule has 1 saturated heterocycles. The van der Waals surface area contributed by atoms with E-state index in [1.165, 1.54) is 0 Å². The van der Waals surface area contributed by atoms with Crippen molar-refractivity contribution in [2.24, 2.45) is 0 Å². The third-order valence-corrected chi connectivity index (χ3v) is 3.35. The van der Waals surface area contributed by atoms with Gasteiger partial charge in [0.2, 0.25) is 5.91 Å². The van der Waals surface area contributed by atoms with Gasteiger partial charge in [0.15, 0.2) is 0 Å². The summed E-state index contributed by atoms with van der Waals surface area (Å²) < 4.78 is 0. The lowest BCUT2D eigenvalue weighted by atomic mass is 10.1. The SMILES string of the molecule is CC(=O)N1CC[C@@H](c2n[nH]c(=O)s2)C1. The van der Waals surface area contributed by atoms with Gasteiger partial charge in [-0.1, -0.05) is 11.3 Å². The molecular formula is C8H11N3O2S. The van der Waals surface area contributed by atoms with Gasteiger partial charge in [-0.05, 0) is 6.42 Å². The minimum Gasteiger partial charge on any atom is -0.342 e. The van der Waals surface area contributed by atoms with Gasteiger partial charge in [0.1, 0.15) is 5.01 Å². The third kappa shape index (κ3) is 1.70. The molecule has 6 heteroatoms. The standard InChI is InChI=1S/C8H11N3O2S/c1-5(12)11-3-2-6(4-11)7-9-10-8(13)14-7/h6H,2-4H2,1H3,(H,10,13)/t6-/m1/s1. The van der Waals surface area contributed by atoms with E-state index in [0.717, 1.165) is 29.3 Å². The Kier molecular flexibility index (Phi) is 2.37. The molecule has 0 aliphatic carbocycles. The molecule has 1 fully saturated rings. The van der Waals surface area contributed by atoms with E-state index < -0.39 is 0 Å². The van der Waals surface area contributed by atoms with Crippen LogP contribution in [0.5, 0.6) is 0 Å². The number of nitrogens with zero attached hydrogens (tertiary/aromatic N) is 2. The highest BCUT2D eigenvalue weighted by Gasteiger charge is 2.27. The van der Waals surface area contributed by atoms with E-state index in [1.54, 1.807) is 11.8 Å². The number of nitrogens with one attached hydrogen (secondary N) is 1. The lowest BCUT2D eigenvalue weighted by molar-refractivity contribution is -0.127. The Balaban J connectivity index is 2.09. The quantitative estimate of drug-likeness (QED) is 0.723. The number of carbonyl (C=O) groups is 1. The Morgan fingerprint density at radius 1 is 1.71 bits per heavy atom. The van der Waals surface area contributed by atoms with E-state index in [4.69, 9.17) is 0 Å². The fourth-order valence-electron chi connectivity index (χ4n) is 1.66. The van der Waals surface area contributed by atoms with Crippen LogP contribution < -0.4 is 4.87 Å². The largest absolute Gasteiger partial charge is 0.342 e. The average Bonchev–Trinajstić information content (AvgIpc) is 2.70. The van der Waals surface area contributed by atoms with Crippen LogP contribution in [0, 0.1) is 0 Å². The molecule has 0 radical (unpaired) electrons. The number of aromatic amines is 1. The first-order valence-corrected chi connectivity index (χ1v) is 5.29. The van der Waals surface area contributed by atoms with E-state index in [0.29, 0.717) is 6.54 Å². The summed E-state index contributed by atoms with van der Waals surface area (Å²) in [5, 5.41) is 7.15. The molecule has 1 amide bonds. The van der Waals surface area contributed by atoms with Crippen LogP contribution in [0.1, 0.15) is 24.3 Å². The van der Waals surface area contributed by atoms with Gasteiger partial charge in [0.25, 0.3) is 0 Å². The van der Waals surface area contributed by atoms with Gasteiger partial charge in [-0.2, -0.15) is 5.10 Å². The van der Waals surface area contributed by atoms with E-state index in [-0.39, 0.29) is 16.7 Å². The number of hydrogen-bond acceptors (Lipinski definition) is 4. The number of likely N-dealkylation sites (tertiary alicyclic amines) is 1. The average molecular weight is 213 g/mol. The monoisotopic (exact) mass is 213 g/mol. The molecule has 0 spiro atoms. The van der Waals surface area contributed by atoms with Crippen molar-refractivity contribution in [1.82, 2.24) is 15.1 Å². The molecule has 1 N–H and O–H groups in total. The second-order valence-electron chi connectivity index (χ2n) is 3.40. The molecule has 14 heavy (non-hydrogen) atoms. The van der Waals surface area contributed by atoms with Gasteiger partial charge < -0.3 is 4.90 Å². The fraction of sp³-hybridized carbons (Fsp3) is 0.625. The van der Waals surface area contributed by atoms with E-state index >= 15 is 0 Å². The Hall–Kier alpha value is -1.17. The second-order valence-corrected chi connectivity index (χ2v) is 4.40. The summed E-state index contributed by atoms with van der Waals surface area (Å²) in [7, 11) is 0. The van der Waals surface area contributed by atoms with Gasteiger partial charge in [-0.15, -0.1) is 0 Å². The highest BCUT2D eigenvalue weighted by atomic mass is 32.1. The molecule has 1 aromatic rings. The number of carbonyl (C=O) groups excluding carboxylic acids is 1. The van der Waals surface area contributed by atoms with Crippen molar-refractivity contribution >= 4 is 17.2 Å². The van der Waals surface area contributed by atoms with Crippen LogP contribution in [0.2, 0.25) is 0 Å². The summed E-state index contributed by atoms with van der Waals surface area (Å²) in [5.74, 6) is 0.332. The van der Waals surface area contributed by atoms with Crippen LogP contribution in [-0.2, 0) is 4.79 Å². The van der Waals surface area contributed by atoms with Gasteiger partial charge in [-0.3, -0.25) is 9.59 Å². The van der Waals surface area contributed by atoms with Crippen molar-refractivity contribution in [2.45, 2.75) is 19.3 Å². The maximum absolute atomic E-state index is 11.1. The van der Waals surface area contributed by atoms with Crippen LogP contribution in [0.3, 0.4) is 0 Å². The highest BCUT2D eigenvalue weighted by Crippen LogP contribution is 2.26. The maximum Gasteiger partial charge on any atom is 0.322 e. The van der Waals surface area contributed by atoms with Crippen molar-refractivity contribution in [2.75, 3.05) is 13.1 Å². The summed E-state index contributed by atoms with van der Waals surface area (Å²) in [6.45, 7) is 3.03. The molecule has 76 valence electrons. The lowest BCUT2D eigenvalue weighted by Crippen LogP contribution is -2.25. The molecule has 0 saturated carbocycles. The molecule has 0 bridgehead atoms. The molecule has 2 rings (SSSR count). The van der Waals surface area contributed by atoms with E-state index in [9.17, 15) is 9.59 Å². The van der Waals surface area contributed by atoms with Crippen LogP contribution >= 0.6 is 11.3 Å². The van der Waals surface area contributed by atoms with Crippen LogP contribution in [0.4, 0.5) is 0 Å². The molecule has 1 atom stereocenters. The van der Waals surface area contributed by atoms with Crippen molar-refractivity contribution < 1.29 is 4.79 Å². The molecule has 0 unspecified atom stereocenters. The first-order chi connectivity index (χ1) is 6.66. The minimum absolute atomic E-state index is 0.0929. The summed E-state index contributed by atoms with van der Waals surface area (Å²) >= 11 is 1.14. The Morgan fingerprint density at radius 2 is 2.50 bits per heavy atom. The first kappa shape index (κ1) is 9.39. The maximum atomic E-state index is 11.1. The van der Waals surface area contributed by atoms with Crippen LogP contribution in [0.25, 0.3) is 0 Å². The van der Waals surface area contributed by atoms with Crippen LogP contribution in [-0.4, -0.2) is 34.1 Å². The topological polar surface area (TPSA) is 66.1 Å². The van der Waals surface area contributed by atoms with Gasteiger partial charge in [0.05, 0.1) is 0 Å². The van der Waals surface area contributed by atoms with Gasteiger partial charge in [-0.25, -0.2) is 5.10 Å². The Morgan fingerprint density at radius 3 is 3.00 bits per heavy atom. The van der Waals surface area contributed by atoms with Crippen molar-refractivity contribution in [3.8, 4) is 0 Å². The minimum atomic E-state index is -0.124. The van der Waals surface area contributed by atoms with Gasteiger partial charge >= 0.3 is 4.87 Å². The van der Waals surface area contributed by atoms with Crippen molar-refractivity contribution in [3.05, 3.63) is 14.7 Å². The first-order valence-electron chi connectivity index (χ1n) is 4.47. The molecular weight excluding hydrogens is 202 g/mol. The van der Waals surface area contributed by atoms with Crippen molar-refractivity contribution in [3.63, 3.8) is 0 Å². The Labute approximate surface area is 84.7 Å². The second kappa shape index (κ2) is 3.53.